The summed E-state index contributed by atoms with van der Waals surface area (Å²) in [7, 11) is 0. The molecule has 0 aromatic heterocycles. The van der Waals surface area contributed by atoms with Crippen molar-refractivity contribution in [2.75, 3.05) is 31.9 Å². The quantitative estimate of drug-likeness (QED) is 0.856. The lowest BCUT2D eigenvalue weighted by Crippen LogP contribution is -2.36. The molecule has 5 heteroatoms. The number of nitrogen functional groups attached to an aromatic ring is 1. The predicted molar refractivity (Wildman–Crippen MR) is 94.2 cm³/mol. The van der Waals surface area contributed by atoms with Crippen LogP contribution >= 0.6 is 0 Å². The first-order valence-corrected chi connectivity index (χ1v) is 8.82. The van der Waals surface area contributed by atoms with Gasteiger partial charge in [-0.1, -0.05) is 26.0 Å². The van der Waals surface area contributed by atoms with Crippen LogP contribution in [0.4, 0.5) is 5.69 Å². The number of hydrogen-bond donors (Lipinski definition) is 1. The van der Waals surface area contributed by atoms with Crippen molar-refractivity contribution >= 4 is 17.5 Å². The highest BCUT2D eigenvalue weighted by Gasteiger charge is 2.42. The van der Waals surface area contributed by atoms with Crippen molar-refractivity contribution in [1.29, 1.82) is 0 Å². The Morgan fingerprint density at radius 2 is 1.50 bits per heavy atom. The van der Waals surface area contributed by atoms with Crippen molar-refractivity contribution < 1.29 is 9.59 Å². The zero-order valence-electron chi connectivity index (χ0n) is 14.6. The molecule has 2 saturated heterocycles. The first-order chi connectivity index (χ1) is 11.4. The lowest BCUT2D eigenvalue weighted by Gasteiger charge is -2.22. The molecule has 1 aromatic rings. The first kappa shape index (κ1) is 16.8. The average Bonchev–Trinajstić information content (AvgIpc) is 3.07. The van der Waals surface area contributed by atoms with Crippen LogP contribution < -0.4 is 5.73 Å². The van der Waals surface area contributed by atoms with Crippen LogP contribution in [0.3, 0.4) is 0 Å². The SMILES string of the molecule is CC(C)CC(=O)N1CC2CN(C(=O)Cc3ccc(N)cc3)CC2C1. The maximum Gasteiger partial charge on any atom is 0.227 e. The normalized spacial score (nSPS) is 23.0. The van der Waals surface area contributed by atoms with Gasteiger partial charge in [0.1, 0.15) is 0 Å². The van der Waals surface area contributed by atoms with Gasteiger partial charge in [-0.3, -0.25) is 9.59 Å². The average molecular weight is 329 g/mol. The van der Waals surface area contributed by atoms with Gasteiger partial charge >= 0.3 is 0 Å². The van der Waals surface area contributed by atoms with E-state index in [0.717, 1.165) is 31.7 Å². The summed E-state index contributed by atoms with van der Waals surface area (Å²) in [6.45, 7) is 7.33. The van der Waals surface area contributed by atoms with Crippen molar-refractivity contribution in [3.8, 4) is 0 Å². The number of hydrogen-bond acceptors (Lipinski definition) is 3. The van der Waals surface area contributed by atoms with Crippen molar-refractivity contribution in [1.82, 2.24) is 9.80 Å². The summed E-state index contributed by atoms with van der Waals surface area (Å²) in [4.78, 5) is 28.7. The number of likely N-dealkylation sites (tertiary alicyclic amines) is 2. The van der Waals surface area contributed by atoms with Crippen molar-refractivity contribution in [2.24, 2.45) is 17.8 Å². The molecule has 0 bridgehead atoms. The van der Waals surface area contributed by atoms with Crippen LogP contribution in [0, 0.1) is 17.8 Å². The molecule has 2 amide bonds. The number of anilines is 1. The largest absolute Gasteiger partial charge is 0.399 e. The van der Waals surface area contributed by atoms with Crippen LogP contribution in [-0.4, -0.2) is 47.8 Å². The van der Waals surface area contributed by atoms with Gasteiger partial charge in [0, 0.05) is 50.1 Å². The third-order valence-electron chi connectivity index (χ3n) is 5.11. The Bertz CT molecular complexity index is 598. The second-order valence-electron chi connectivity index (χ2n) is 7.63. The number of nitrogens with zero attached hydrogens (tertiary/aromatic N) is 2. The predicted octanol–water partition coefficient (Wildman–Crippen LogP) is 1.77. The summed E-state index contributed by atoms with van der Waals surface area (Å²) in [6.07, 6.45) is 1.05. The molecule has 0 saturated carbocycles. The Morgan fingerprint density at radius 3 is 2.00 bits per heavy atom. The molecule has 2 atom stereocenters. The number of nitrogens with two attached hydrogens (primary N) is 1. The maximum atomic E-state index is 12.5. The smallest absolute Gasteiger partial charge is 0.227 e. The number of carbonyl (C=O) groups excluding carboxylic acids is 2. The van der Waals surface area contributed by atoms with Crippen LogP contribution in [0.5, 0.6) is 0 Å². The van der Waals surface area contributed by atoms with E-state index in [1.807, 2.05) is 34.1 Å². The Balaban J connectivity index is 1.51. The second-order valence-corrected chi connectivity index (χ2v) is 7.63. The van der Waals surface area contributed by atoms with Gasteiger partial charge in [-0.25, -0.2) is 0 Å². The minimum absolute atomic E-state index is 0.175. The molecule has 0 radical (unpaired) electrons. The minimum Gasteiger partial charge on any atom is -0.399 e. The van der Waals surface area contributed by atoms with Gasteiger partial charge in [-0.2, -0.15) is 0 Å². The topological polar surface area (TPSA) is 66.6 Å². The Kier molecular flexibility index (Phi) is 4.78. The van der Waals surface area contributed by atoms with Crippen molar-refractivity contribution in [2.45, 2.75) is 26.7 Å². The number of benzene rings is 1. The lowest BCUT2D eigenvalue weighted by molar-refractivity contribution is -0.131. The van der Waals surface area contributed by atoms with E-state index in [0.29, 0.717) is 36.3 Å². The summed E-state index contributed by atoms with van der Waals surface area (Å²) in [6, 6.07) is 7.49. The van der Waals surface area contributed by atoms with E-state index in [4.69, 9.17) is 5.73 Å². The molecule has 3 rings (SSSR count). The molecular formula is C19H27N3O2. The highest BCUT2D eigenvalue weighted by molar-refractivity contribution is 5.79. The number of rotatable bonds is 4. The summed E-state index contributed by atoms with van der Waals surface area (Å²) in [5, 5.41) is 0. The summed E-state index contributed by atoms with van der Waals surface area (Å²) in [5.74, 6) is 1.72. The Hall–Kier alpha value is -2.04. The molecular weight excluding hydrogens is 302 g/mol. The van der Waals surface area contributed by atoms with E-state index in [2.05, 4.69) is 13.8 Å². The molecule has 2 fully saturated rings. The van der Waals surface area contributed by atoms with E-state index >= 15 is 0 Å². The second kappa shape index (κ2) is 6.83. The van der Waals surface area contributed by atoms with Crippen LogP contribution in [-0.2, 0) is 16.0 Å². The van der Waals surface area contributed by atoms with Crippen molar-refractivity contribution in [3.05, 3.63) is 29.8 Å². The van der Waals surface area contributed by atoms with Gasteiger partial charge in [0.05, 0.1) is 6.42 Å². The van der Waals surface area contributed by atoms with Crippen LogP contribution in [0.15, 0.2) is 24.3 Å². The van der Waals surface area contributed by atoms with E-state index in [9.17, 15) is 9.59 Å². The summed E-state index contributed by atoms with van der Waals surface area (Å²) < 4.78 is 0. The zero-order valence-corrected chi connectivity index (χ0v) is 14.6. The first-order valence-electron chi connectivity index (χ1n) is 8.82. The molecule has 2 heterocycles. The highest BCUT2D eigenvalue weighted by atomic mass is 16.2. The fourth-order valence-corrected chi connectivity index (χ4v) is 3.80. The fraction of sp³-hybridized carbons (Fsp3) is 0.579. The number of carbonyl (C=O) groups is 2. The molecule has 130 valence electrons. The van der Waals surface area contributed by atoms with Gasteiger partial charge in [-0.15, -0.1) is 0 Å². The number of fused-ring (bicyclic) bond motifs is 1. The van der Waals surface area contributed by atoms with Gasteiger partial charge in [0.25, 0.3) is 0 Å². The van der Waals surface area contributed by atoms with Gasteiger partial charge in [0.2, 0.25) is 11.8 Å². The van der Waals surface area contributed by atoms with E-state index in [1.54, 1.807) is 0 Å². The molecule has 1 aromatic carbocycles. The van der Waals surface area contributed by atoms with Crippen LogP contribution in [0.1, 0.15) is 25.8 Å². The Labute approximate surface area is 143 Å². The standard InChI is InChI=1S/C19H27N3O2/c1-13(2)7-18(23)21-9-15-11-22(12-16(15)10-21)19(24)8-14-3-5-17(20)6-4-14/h3-6,13,15-16H,7-12,20H2,1-2H3. The molecule has 2 N–H and O–H groups in total. The monoisotopic (exact) mass is 329 g/mol. The summed E-state index contributed by atoms with van der Waals surface area (Å²) in [5.41, 5.74) is 7.40. The highest BCUT2D eigenvalue weighted by Crippen LogP contribution is 2.32. The maximum absolute atomic E-state index is 12.5. The van der Waals surface area contributed by atoms with E-state index in [-0.39, 0.29) is 11.8 Å². The number of amides is 2. The molecule has 2 aliphatic heterocycles. The molecule has 0 aliphatic carbocycles. The fourth-order valence-electron chi connectivity index (χ4n) is 3.80. The van der Waals surface area contributed by atoms with Gasteiger partial charge < -0.3 is 15.5 Å². The van der Waals surface area contributed by atoms with Crippen LogP contribution in [0.25, 0.3) is 0 Å². The molecule has 24 heavy (non-hydrogen) atoms. The third kappa shape index (κ3) is 3.71. The third-order valence-corrected chi connectivity index (χ3v) is 5.11. The van der Waals surface area contributed by atoms with Crippen LogP contribution in [0.2, 0.25) is 0 Å². The van der Waals surface area contributed by atoms with Gasteiger partial charge in [-0.05, 0) is 23.6 Å². The van der Waals surface area contributed by atoms with E-state index in [1.165, 1.54) is 0 Å². The lowest BCUT2D eigenvalue weighted by atomic mass is 10.0. The molecule has 2 aliphatic rings. The van der Waals surface area contributed by atoms with Gasteiger partial charge in [0.15, 0.2) is 0 Å². The Morgan fingerprint density at radius 1 is 1.00 bits per heavy atom. The molecule has 2 unspecified atom stereocenters. The molecule has 0 spiro atoms. The van der Waals surface area contributed by atoms with Crippen molar-refractivity contribution in [3.63, 3.8) is 0 Å². The minimum atomic E-state index is 0.175. The van der Waals surface area contributed by atoms with E-state index < -0.39 is 0 Å². The zero-order chi connectivity index (χ0) is 17.3. The summed E-state index contributed by atoms with van der Waals surface area (Å²) >= 11 is 0. The molecule has 5 nitrogen and oxygen atoms in total.